The summed E-state index contributed by atoms with van der Waals surface area (Å²) in [4.78, 5) is 6.91. The average Bonchev–Trinajstić information content (AvgIpc) is 2.30. The van der Waals surface area contributed by atoms with E-state index in [2.05, 4.69) is 32.9 Å². The molecule has 3 rings (SSSR count). The Morgan fingerprint density at radius 2 is 2.00 bits per heavy atom. The highest BCUT2D eigenvalue weighted by atomic mass is 79.9. The molecule has 3 atom stereocenters. The van der Waals surface area contributed by atoms with E-state index in [0.717, 1.165) is 23.3 Å². The minimum atomic E-state index is 0.332. The van der Waals surface area contributed by atoms with E-state index in [4.69, 9.17) is 4.74 Å². The molecule has 1 aromatic heterocycles. The summed E-state index contributed by atoms with van der Waals surface area (Å²) >= 11 is 3.39. The first-order chi connectivity index (χ1) is 8.72. The zero-order valence-electron chi connectivity index (χ0n) is 10.7. The molecule has 2 bridgehead atoms. The van der Waals surface area contributed by atoms with Gasteiger partial charge in [0.25, 0.3) is 0 Å². The maximum Gasteiger partial charge on any atom is 0.214 e. The third-order valence-corrected chi connectivity index (χ3v) is 4.72. The summed E-state index contributed by atoms with van der Waals surface area (Å²) in [6.45, 7) is 0. The molecule has 2 aliphatic heterocycles. The van der Waals surface area contributed by atoms with Gasteiger partial charge in [-0.05, 0) is 54.7 Å². The van der Waals surface area contributed by atoms with Crippen molar-refractivity contribution in [2.45, 2.75) is 50.3 Å². The number of nitrogens with zero attached hydrogens (tertiary/aromatic N) is 2. The summed E-state index contributed by atoms with van der Waals surface area (Å²) in [5.41, 5.74) is 0. The Morgan fingerprint density at radius 1 is 1.28 bits per heavy atom. The lowest BCUT2D eigenvalue weighted by atomic mass is 9.83. The Morgan fingerprint density at radius 3 is 2.67 bits per heavy atom. The van der Waals surface area contributed by atoms with Crippen LogP contribution >= 0.6 is 15.9 Å². The van der Waals surface area contributed by atoms with E-state index in [1.165, 1.54) is 19.3 Å². The van der Waals surface area contributed by atoms with Crippen molar-refractivity contribution in [3.05, 3.63) is 22.8 Å². The zero-order valence-corrected chi connectivity index (χ0v) is 12.3. The first-order valence-corrected chi connectivity index (χ1v) is 7.53. The molecule has 0 aliphatic carbocycles. The Labute approximate surface area is 117 Å². The van der Waals surface area contributed by atoms with Crippen LogP contribution in [0.4, 0.5) is 0 Å². The fraction of sp³-hybridized carbons (Fsp3) is 0.643. The largest absolute Gasteiger partial charge is 0.474 e. The van der Waals surface area contributed by atoms with Crippen LogP contribution in [0.15, 0.2) is 22.8 Å². The lowest BCUT2D eigenvalue weighted by molar-refractivity contribution is -0.00148. The molecule has 0 saturated carbocycles. The number of aromatic nitrogens is 1. The quantitative estimate of drug-likeness (QED) is 0.784. The fourth-order valence-corrected chi connectivity index (χ4v) is 3.62. The number of hydrogen-bond acceptors (Lipinski definition) is 3. The van der Waals surface area contributed by atoms with Crippen LogP contribution in [0.3, 0.4) is 0 Å². The molecule has 0 amide bonds. The summed E-state index contributed by atoms with van der Waals surface area (Å²) in [6, 6.07) is 7.25. The number of pyridine rings is 1. The summed E-state index contributed by atoms with van der Waals surface area (Å²) in [5.74, 6) is 0.747. The minimum Gasteiger partial charge on any atom is -0.474 e. The van der Waals surface area contributed by atoms with E-state index in [1.807, 2.05) is 18.2 Å². The van der Waals surface area contributed by atoms with Crippen molar-refractivity contribution in [2.24, 2.45) is 0 Å². The predicted molar refractivity (Wildman–Crippen MR) is 74.8 cm³/mol. The van der Waals surface area contributed by atoms with Gasteiger partial charge >= 0.3 is 0 Å². The summed E-state index contributed by atoms with van der Waals surface area (Å²) in [6.07, 6.45) is 6.62. The van der Waals surface area contributed by atoms with Crippen molar-refractivity contribution in [3.63, 3.8) is 0 Å². The van der Waals surface area contributed by atoms with Crippen LogP contribution < -0.4 is 4.74 Å². The molecule has 3 heterocycles. The molecule has 2 fully saturated rings. The van der Waals surface area contributed by atoms with Crippen molar-refractivity contribution in [1.29, 1.82) is 0 Å². The summed E-state index contributed by atoms with van der Waals surface area (Å²) in [5, 5.41) is 0. The number of rotatable bonds is 2. The van der Waals surface area contributed by atoms with Gasteiger partial charge in [-0.1, -0.05) is 12.5 Å². The predicted octanol–water partition coefficient (Wildman–Crippen LogP) is 3.24. The van der Waals surface area contributed by atoms with Gasteiger partial charge < -0.3 is 9.64 Å². The number of fused-ring (bicyclic) bond motifs is 2. The van der Waals surface area contributed by atoms with Gasteiger partial charge in [0, 0.05) is 18.2 Å². The van der Waals surface area contributed by atoms with Crippen LogP contribution in [-0.4, -0.2) is 35.1 Å². The average molecular weight is 311 g/mol. The Balaban J connectivity index is 1.68. The van der Waals surface area contributed by atoms with Gasteiger partial charge in [-0.15, -0.1) is 0 Å². The van der Waals surface area contributed by atoms with Crippen LogP contribution in [-0.2, 0) is 0 Å². The topological polar surface area (TPSA) is 25.4 Å². The molecule has 4 heteroatoms. The van der Waals surface area contributed by atoms with E-state index >= 15 is 0 Å². The number of halogens is 1. The Bertz CT molecular complexity index is 412. The highest BCUT2D eigenvalue weighted by Gasteiger charge is 2.36. The Kier molecular flexibility index (Phi) is 3.57. The standard InChI is InChI=1S/C14H19BrN2O/c1-17-10-4-2-5-11(17)9-12(8-10)18-14-7-3-6-13(15)16-14/h3,6-7,10-12H,2,4-5,8-9H2,1H3/t10-,11+,12-. The van der Waals surface area contributed by atoms with Crippen LogP contribution in [0.2, 0.25) is 0 Å². The van der Waals surface area contributed by atoms with Crippen molar-refractivity contribution < 1.29 is 4.74 Å². The van der Waals surface area contributed by atoms with Gasteiger partial charge in [-0.3, -0.25) is 0 Å². The van der Waals surface area contributed by atoms with Gasteiger partial charge in [0.2, 0.25) is 5.88 Å². The highest BCUT2D eigenvalue weighted by Crippen LogP contribution is 2.34. The smallest absolute Gasteiger partial charge is 0.214 e. The fourth-order valence-electron chi connectivity index (χ4n) is 3.29. The van der Waals surface area contributed by atoms with Crippen LogP contribution in [0.5, 0.6) is 5.88 Å². The maximum atomic E-state index is 6.05. The van der Waals surface area contributed by atoms with Crippen molar-refractivity contribution in [1.82, 2.24) is 9.88 Å². The van der Waals surface area contributed by atoms with Crippen LogP contribution in [0, 0.1) is 0 Å². The molecule has 0 spiro atoms. The summed E-state index contributed by atoms with van der Waals surface area (Å²) in [7, 11) is 2.27. The molecular weight excluding hydrogens is 292 g/mol. The minimum absolute atomic E-state index is 0.332. The molecule has 0 radical (unpaired) electrons. The third-order valence-electron chi connectivity index (χ3n) is 4.27. The third kappa shape index (κ3) is 2.54. The molecule has 2 saturated heterocycles. The lowest BCUT2D eigenvalue weighted by Crippen LogP contribution is -2.52. The number of ether oxygens (including phenoxy) is 1. The molecule has 3 nitrogen and oxygen atoms in total. The summed E-state index contributed by atoms with van der Waals surface area (Å²) < 4.78 is 6.89. The lowest BCUT2D eigenvalue weighted by Gasteiger charge is -2.46. The van der Waals surface area contributed by atoms with Gasteiger partial charge in [0.1, 0.15) is 10.7 Å². The van der Waals surface area contributed by atoms with Crippen LogP contribution in [0.1, 0.15) is 32.1 Å². The van der Waals surface area contributed by atoms with Crippen molar-refractivity contribution in [3.8, 4) is 5.88 Å². The van der Waals surface area contributed by atoms with Crippen molar-refractivity contribution >= 4 is 15.9 Å². The first kappa shape index (κ1) is 12.4. The van der Waals surface area contributed by atoms with Gasteiger partial charge in [-0.2, -0.15) is 0 Å². The van der Waals surface area contributed by atoms with E-state index < -0.39 is 0 Å². The molecule has 1 aromatic rings. The van der Waals surface area contributed by atoms with Gasteiger partial charge in [0.15, 0.2) is 0 Å². The monoisotopic (exact) mass is 310 g/mol. The van der Waals surface area contributed by atoms with E-state index in [1.54, 1.807) is 0 Å². The van der Waals surface area contributed by atoms with E-state index in [0.29, 0.717) is 18.2 Å². The first-order valence-electron chi connectivity index (χ1n) is 6.73. The van der Waals surface area contributed by atoms with Gasteiger partial charge in [0.05, 0.1) is 0 Å². The zero-order chi connectivity index (χ0) is 12.5. The molecule has 18 heavy (non-hydrogen) atoms. The second kappa shape index (κ2) is 5.17. The van der Waals surface area contributed by atoms with E-state index in [-0.39, 0.29) is 0 Å². The molecule has 0 N–H and O–H groups in total. The second-order valence-corrected chi connectivity index (χ2v) is 6.23. The molecule has 98 valence electrons. The van der Waals surface area contributed by atoms with Crippen LogP contribution in [0.25, 0.3) is 0 Å². The van der Waals surface area contributed by atoms with E-state index in [9.17, 15) is 0 Å². The molecular formula is C14H19BrN2O. The SMILES string of the molecule is CN1[C@@H]2CCC[C@H]1C[C@H](Oc1cccc(Br)n1)C2. The molecule has 0 unspecified atom stereocenters. The van der Waals surface area contributed by atoms with Crippen molar-refractivity contribution in [2.75, 3.05) is 7.05 Å². The Hall–Kier alpha value is -0.610. The normalized spacial score (nSPS) is 32.2. The maximum absolute atomic E-state index is 6.05. The highest BCUT2D eigenvalue weighted by molar-refractivity contribution is 9.10. The number of hydrogen-bond donors (Lipinski definition) is 0. The number of piperidine rings is 2. The van der Waals surface area contributed by atoms with Gasteiger partial charge in [-0.25, -0.2) is 4.98 Å². The molecule has 2 aliphatic rings. The second-order valence-electron chi connectivity index (χ2n) is 5.41. The molecule has 0 aromatic carbocycles.